The molecule has 0 bridgehead atoms. The van der Waals surface area contributed by atoms with Gasteiger partial charge in [0, 0.05) is 24.8 Å². The van der Waals surface area contributed by atoms with Crippen molar-refractivity contribution in [3.05, 3.63) is 67.1 Å². The topological polar surface area (TPSA) is 97.2 Å². The number of H-pyrrole nitrogens is 1. The molecule has 4 heterocycles. The van der Waals surface area contributed by atoms with Crippen LogP contribution in [0.5, 0.6) is 0 Å². The summed E-state index contributed by atoms with van der Waals surface area (Å²) in [6.07, 6.45) is 5.64. The molecule has 0 aliphatic rings. The number of aromatic amines is 1. The Kier molecular flexibility index (Phi) is 3.71. The van der Waals surface area contributed by atoms with Crippen molar-refractivity contribution in [1.82, 2.24) is 34.5 Å². The second-order valence-corrected chi connectivity index (χ2v) is 6.04. The first-order valence-corrected chi connectivity index (χ1v) is 8.66. The molecule has 0 atom stereocenters. The zero-order valence-electron chi connectivity index (χ0n) is 14.4. The Bertz CT molecular complexity index is 1210. The van der Waals surface area contributed by atoms with E-state index in [0.29, 0.717) is 24.4 Å². The molecule has 0 amide bonds. The number of fused-ring (bicyclic) bond motifs is 2. The van der Waals surface area contributed by atoms with E-state index < -0.39 is 0 Å². The molecule has 0 saturated carbocycles. The maximum atomic E-state index is 4.78. The summed E-state index contributed by atoms with van der Waals surface area (Å²) in [4.78, 5) is 25.0. The largest absolute Gasteiger partial charge is 0.368 e. The van der Waals surface area contributed by atoms with Crippen molar-refractivity contribution in [3.8, 4) is 5.69 Å². The van der Waals surface area contributed by atoms with Gasteiger partial charge in [0.25, 0.3) is 0 Å². The summed E-state index contributed by atoms with van der Waals surface area (Å²) in [5, 5.41) is 3.34. The molecular weight excluding hydrogens is 340 g/mol. The smallest absolute Gasteiger partial charge is 0.164 e. The molecule has 1 aromatic carbocycles. The first-order chi connectivity index (χ1) is 13.4. The van der Waals surface area contributed by atoms with Crippen LogP contribution in [0.15, 0.2) is 61.3 Å². The minimum atomic E-state index is 0.662. The number of pyridine rings is 1. The summed E-state index contributed by atoms with van der Waals surface area (Å²) in [5.74, 6) is 1.65. The van der Waals surface area contributed by atoms with Crippen LogP contribution >= 0.6 is 0 Å². The monoisotopic (exact) mass is 356 g/mol. The minimum absolute atomic E-state index is 0.662. The third kappa shape index (κ3) is 2.77. The fourth-order valence-electron chi connectivity index (χ4n) is 3.16. The summed E-state index contributed by atoms with van der Waals surface area (Å²) in [6.45, 7) is 0.662. The van der Waals surface area contributed by atoms with Crippen molar-refractivity contribution in [2.24, 2.45) is 0 Å². The zero-order chi connectivity index (χ0) is 18.1. The molecule has 5 aromatic rings. The van der Waals surface area contributed by atoms with E-state index in [1.165, 1.54) is 6.33 Å². The number of hydrogen-bond acceptors (Lipinski definition) is 6. The number of anilines is 1. The number of rotatable bonds is 5. The molecule has 0 unspecified atom stereocenters. The Balaban J connectivity index is 1.46. The lowest BCUT2D eigenvalue weighted by Crippen LogP contribution is -2.11. The normalized spacial score (nSPS) is 11.3. The number of aromatic nitrogens is 7. The SMILES string of the molecule is c1ccc(-n2c(CCNc3ncnc4[nH]cnc34)nc3cccnc32)cc1. The quantitative estimate of drug-likeness (QED) is 0.502. The molecule has 0 aliphatic carbocycles. The van der Waals surface area contributed by atoms with Crippen molar-refractivity contribution < 1.29 is 0 Å². The lowest BCUT2D eigenvalue weighted by Gasteiger charge is -2.09. The van der Waals surface area contributed by atoms with Crippen LogP contribution in [0.4, 0.5) is 5.82 Å². The molecular formula is C19H16N8. The third-order valence-electron chi connectivity index (χ3n) is 4.36. The number of nitrogens with one attached hydrogen (secondary N) is 2. The third-order valence-corrected chi connectivity index (χ3v) is 4.36. The van der Waals surface area contributed by atoms with Crippen LogP contribution in [-0.2, 0) is 6.42 Å². The van der Waals surface area contributed by atoms with E-state index in [0.717, 1.165) is 28.2 Å². The molecule has 0 saturated heterocycles. The number of imidazole rings is 2. The highest BCUT2D eigenvalue weighted by Crippen LogP contribution is 2.20. The van der Waals surface area contributed by atoms with E-state index in [2.05, 4.69) is 46.9 Å². The Morgan fingerprint density at radius 2 is 1.89 bits per heavy atom. The van der Waals surface area contributed by atoms with E-state index in [1.807, 2.05) is 30.3 Å². The molecule has 5 rings (SSSR count). The first kappa shape index (κ1) is 15.4. The molecule has 0 spiro atoms. The number of hydrogen-bond donors (Lipinski definition) is 2. The molecule has 4 aromatic heterocycles. The summed E-state index contributed by atoms with van der Waals surface area (Å²) in [5.41, 5.74) is 4.23. The highest BCUT2D eigenvalue weighted by atomic mass is 15.1. The van der Waals surface area contributed by atoms with Crippen LogP contribution < -0.4 is 5.32 Å². The van der Waals surface area contributed by atoms with Crippen molar-refractivity contribution in [3.63, 3.8) is 0 Å². The van der Waals surface area contributed by atoms with Crippen molar-refractivity contribution in [2.45, 2.75) is 6.42 Å². The van der Waals surface area contributed by atoms with Gasteiger partial charge in [-0.2, -0.15) is 0 Å². The highest BCUT2D eigenvalue weighted by molar-refractivity contribution is 5.81. The maximum Gasteiger partial charge on any atom is 0.164 e. The molecule has 27 heavy (non-hydrogen) atoms. The van der Waals surface area contributed by atoms with Gasteiger partial charge in [0.2, 0.25) is 0 Å². The minimum Gasteiger partial charge on any atom is -0.368 e. The second kappa shape index (κ2) is 6.49. The van der Waals surface area contributed by atoms with Crippen molar-refractivity contribution in [1.29, 1.82) is 0 Å². The van der Waals surface area contributed by atoms with Gasteiger partial charge in [0.15, 0.2) is 17.1 Å². The van der Waals surface area contributed by atoms with Crippen LogP contribution in [0, 0.1) is 0 Å². The predicted molar refractivity (Wildman–Crippen MR) is 103 cm³/mol. The highest BCUT2D eigenvalue weighted by Gasteiger charge is 2.13. The van der Waals surface area contributed by atoms with E-state index in [4.69, 9.17) is 4.98 Å². The van der Waals surface area contributed by atoms with Gasteiger partial charge in [0.1, 0.15) is 23.2 Å². The average molecular weight is 356 g/mol. The van der Waals surface area contributed by atoms with Gasteiger partial charge in [-0.25, -0.2) is 24.9 Å². The van der Waals surface area contributed by atoms with Crippen LogP contribution in [0.1, 0.15) is 5.82 Å². The lowest BCUT2D eigenvalue weighted by molar-refractivity contribution is 0.863. The van der Waals surface area contributed by atoms with Crippen molar-refractivity contribution >= 4 is 28.1 Å². The zero-order valence-corrected chi connectivity index (χ0v) is 14.4. The Labute approximate surface area is 154 Å². The van der Waals surface area contributed by atoms with Gasteiger partial charge >= 0.3 is 0 Å². The summed E-state index contributed by atoms with van der Waals surface area (Å²) >= 11 is 0. The number of para-hydroxylation sites is 1. The molecule has 0 aliphatic heterocycles. The standard InChI is InChI=1S/C19H16N8/c1-2-5-13(6-3-1)27-15(26-14-7-4-9-21-19(14)27)8-10-20-17-16-18(23-11-22-16)25-12-24-17/h1-7,9,11-12H,8,10H2,(H2,20,22,23,24,25). The predicted octanol–water partition coefficient (Wildman–Crippen LogP) is 2.74. The molecule has 0 fully saturated rings. The van der Waals surface area contributed by atoms with Crippen LogP contribution in [0.3, 0.4) is 0 Å². The van der Waals surface area contributed by atoms with Gasteiger partial charge in [-0.3, -0.25) is 4.57 Å². The van der Waals surface area contributed by atoms with Gasteiger partial charge < -0.3 is 10.3 Å². The van der Waals surface area contributed by atoms with E-state index in [1.54, 1.807) is 12.5 Å². The van der Waals surface area contributed by atoms with E-state index in [-0.39, 0.29) is 0 Å². The Hall–Kier alpha value is -3.81. The summed E-state index contributed by atoms with van der Waals surface area (Å²) in [6, 6.07) is 14.0. The molecule has 132 valence electrons. The van der Waals surface area contributed by atoms with Gasteiger partial charge in [0.05, 0.1) is 6.33 Å². The van der Waals surface area contributed by atoms with Crippen LogP contribution in [0.2, 0.25) is 0 Å². The fraction of sp³-hybridized carbons (Fsp3) is 0.105. The lowest BCUT2D eigenvalue weighted by atomic mass is 10.3. The van der Waals surface area contributed by atoms with Gasteiger partial charge in [-0.1, -0.05) is 18.2 Å². The van der Waals surface area contributed by atoms with Gasteiger partial charge in [-0.05, 0) is 24.3 Å². The van der Waals surface area contributed by atoms with Crippen LogP contribution in [0.25, 0.3) is 28.0 Å². The number of benzene rings is 1. The first-order valence-electron chi connectivity index (χ1n) is 8.66. The fourth-order valence-corrected chi connectivity index (χ4v) is 3.16. The van der Waals surface area contributed by atoms with E-state index >= 15 is 0 Å². The molecule has 8 nitrogen and oxygen atoms in total. The Morgan fingerprint density at radius 3 is 2.81 bits per heavy atom. The van der Waals surface area contributed by atoms with Gasteiger partial charge in [-0.15, -0.1) is 0 Å². The van der Waals surface area contributed by atoms with Crippen molar-refractivity contribution in [2.75, 3.05) is 11.9 Å². The van der Waals surface area contributed by atoms with Crippen LogP contribution in [-0.4, -0.2) is 41.0 Å². The second-order valence-electron chi connectivity index (χ2n) is 6.04. The molecule has 2 N–H and O–H groups in total. The number of nitrogens with zero attached hydrogens (tertiary/aromatic N) is 6. The maximum absolute atomic E-state index is 4.78. The Morgan fingerprint density at radius 1 is 0.963 bits per heavy atom. The summed E-state index contributed by atoms with van der Waals surface area (Å²) in [7, 11) is 0. The average Bonchev–Trinajstić information content (AvgIpc) is 3.33. The van der Waals surface area contributed by atoms with E-state index in [9.17, 15) is 0 Å². The molecule has 8 heteroatoms. The summed E-state index contributed by atoms with van der Waals surface area (Å²) < 4.78 is 2.10. The molecule has 0 radical (unpaired) electrons.